The Morgan fingerprint density at radius 1 is 1.09 bits per heavy atom. The van der Waals surface area contributed by atoms with E-state index in [0.717, 1.165) is 5.56 Å². The Balaban J connectivity index is 1.56. The van der Waals surface area contributed by atoms with Crippen LogP contribution in [0.1, 0.15) is 15.9 Å². The Morgan fingerprint density at radius 3 is 2.50 bits per heavy atom. The van der Waals surface area contributed by atoms with Crippen molar-refractivity contribution in [3.8, 4) is 11.4 Å². The second-order valence-corrected chi connectivity index (χ2v) is 7.98. The molecule has 8 heteroatoms. The van der Waals surface area contributed by atoms with Gasteiger partial charge < -0.3 is 15.0 Å². The smallest absolute Gasteiger partial charge is 0.266 e. The molecule has 4 rings (SSSR count). The summed E-state index contributed by atoms with van der Waals surface area (Å²) in [4.78, 5) is 28.7. The molecular weight excluding hydrogens is 446 g/mol. The van der Waals surface area contributed by atoms with E-state index in [1.165, 1.54) is 4.57 Å². The van der Waals surface area contributed by atoms with Crippen LogP contribution in [0.5, 0.6) is 5.75 Å². The van der Waals surface area contributed by atoms with Gasteiger partial charge in [-0.25, -0.2) is 0 Å². The maximum atomic E-state index is 13.1. The van der Waals surface area contributed by atoms with Crippen molar-refractivity contribution in [2.24, 2.45) is 0 Å². The van der Waals surface area contributed by atoms with E-state index in [-0.39, 0.29) is 16.2 Å². The summed E-state index contributed by atoms with van der Waals surface area (Å²) in [6.07, 6.45) is 0.686. The number of fused-ring (bicyclic) bond motifs is 1. The van der Waals surface area contributed by atoms with Crippen molar-refractivity contribution in [3.05, 3.63) is 98.0 Å². The summed E-state index contributed by atoms with van der Waals surface area (Å²) in [5.74, 6) is 0.462. The van der Waals surface area contributed by atoms with Crippen LogP contribution in [-0.2, 0) is 6.42 Å². The van der Waals surface area contributed by atoms with Crippen molar-refractivity contribution in [2.75, 3.05) is 13.7 Å². The average Bonchev–Trinajstić information content (AvgIpc) is 2.80. The number of aromatic amines is 1. The molecule has 0 aliphatic rings. The van der Waals surface area contributed by atoms with Gasteiger partial charge in [-0.15, -0.1) is 0 Å². The minimum absolute atomic E-state index is 0.223. The van der Waals surface area contributed by atoms with Crippen LogP contribution in [0.3, 0.4) is 0 Å². The largest absolute Gasteiger partial charge is 0.497 e. The Hall–Kier alpha value is -3.42. The zero-order valence-electron chi connectivity index (χ0n) is 17.2. The van der Waals surface area contributed by atoms with Gasteiger partial charge in [0.1, 0.15) is 5.75 Å². The average molecular weight is 466 g/mol. The van der Waals surface area contributed by atoms with Crippen molar-refractivity contribution in [1.82, 2.24) is 14.9 Å². The van der Waals surface area contributed by atoms with Crippen LogP contribution in [0, 0.1) is 4.77 Å². The number of nitrogens with zero attached hydrogens (tertiary/aromatic N) is 1. The highest BCUT2D eigenvalue weighted by Gasteiger charge is 2.11. The number of H-pyrrole nitrogens is 1. The third kappa shape index (κ3) is 4.59. The summed E-state index contributed by atoms with van der Waals surface area (Å²) in [5, 5.41) is 4.01. The lowest BCUT2D eigenvalue weighted by Gasteiger charge is -2.10. The molecule has 2 N–H and O–H groups in total. The van der Waals surface area contributed by atoms with E-state index in [1.54, 1.807) is 49.6 Å². The molecular formula is C24H20ClN3O3S. The first-order valence-electron chi connectivity index (χ1n) is 9.92. The van der Waals surface area contributed by atoms with Crippen molar-refractivity contribution < 1.29 is 9.53 Å². The van der Waals surface area contributed by atoms with E-state index < -0.39 is 0 Å². The van der Waals surface area contributed by atoms with E-state index >= 15 is 0 Å². The fourth-order valence-electron chi connectivity index (χ4n) is 3.40. The number of carbonyl (C=O) groups excluding carboxylic acids is 1. The number of ether oxygens (including phenoxy) is 1. The fraction of sp³-hybridized carbons (Fsp3) is 0.125. The van der Waals surface area contributed by atoms with Gasteiger partial charge in [0.25, 0.3) is 11.5 Å². The lowest BCUT2D eigenvalue weighted by molar-refractivity contribution is 0.0954. The van der Waals surface area contributed by atoms with Crippen LogP contribution in [0.25, 0.3) is 16.6 Å². The predicted octanol–water partition coefficient (Wildman–Crippen LogP) is 4.68. The van der Waals surface area contributed by atoms with Gasteiger partial charge in [0.15, 0.2) is 4.77 Å². The topological polar surface area (TPSA) is 76.1 Å². The van der Waals surface area contributed by atoms with Crippen LogP contribution < -0.4 is 15.6 Å². The van der Waals surface area contributed by atoms with Gasteiger partial charge in [0.2, 0.25) is 0 Å². The number of aromatic nitrogens is 2. The van der Waals surface area contributed by atoms with Crippen molar-refractivity contribution in [3.63, 3.8) is 0 Å². The highest BCUT2D eigenvalue weighted by Crippen LogP contribution is 2.16. The number of methoxy groups -OCH3 is 1. The minimum atomic E-state index is -0.261. The van der Waals surface area contributed by atoms with E-state index in [0.29, 0.717) is 45.9 Å². The lowest BCUT2D eigenvalue weighted by atomic mass is 10.1. The summed E-state index contributed by atoms with van der Waals surface area (Å²) in [7, 11) is 1.58. The third-order valence-corrected chi connectivity index (χ3v) is 5.64. The molecule has 0 radical (unpaired) electrons. The summed E-state index contributed by atoms with van der Waals surface area (Å²) in [5.41, 5.74) is 2.40. The molecule has 3 aromatic carbocycles. The van der Waals surface area contributed by atoms with Gasteiger partial charge in [-0.2, -0.15) is 0 Å². The number of nitrogens with one attached hydrogen (secondary N) is 2. The first-order valence-corrected chi connectivity index (χ1v) is 10.7. The number of benzene rings is 3. The fourth-order valence-corrected chi connectivity index (χ4v) is 3.82. The molecule has 0 saturated heterocycles. The van der Waals surface area contributed by atoms with E-state index in [4.69, 9.17) is 28.6 Å². The van der Waals surface area contributed by atoms with Gasteiger partial charge in [0, 0.05) is 17.1 Å². The van der Waals surface area contributed by atoms with Crippen LogP contribution in [0.4, 0.5) is 0 Å². The van der Waals surface area contributed by atoms with E-state index in [1.807, 2.05) is 24.3 Å². The van der Waals surface area contributed by atoms with Crippen LogP contribution in [-0.4, -0.2) is 29.1 Å². The molecule has 0 spiro atoms. The molecule has 1 aromatic heterocycles. The number of carbonyl (C=O) groups is 1. The molecule has 0 aliphatic heterocycles. The molecule has 4 aromatic rings. The highest BCUT2D eigenvalue weighted by atomic mass is 35.5. The third-order valence-electron chi connectivity index (χ3n) is 5.10. The maximum absolute atomic E-state index is 13.1. The molecule has 0 unspecified atom stereocenters. The van der Waals surface area contributed by atoms with Gasteiger partial charge in [-0.3, -0.25) is 14.2 Å². The maximum Gasteiger partial charge on any atom is 0.266 e. The molecule has 1 heterocycles. The van der Waals surface area contributed by atoms with E-state index in [9.17, 15) is 9.59 Å². The number of hydrogen-bond donors (Lipinski definition) is 2. The minimum Gasteiger partial charge on any atom is -0.497 e. The van der Waals surface area contributed by atoms with Gasteiger partial charge in [-0.1, -0.05) is 23.7 Å². The quantitative estimate of drug-likeness (QED) is 0.405. The molecule has 0 aliphatic carbocycles. The first-order chi connectivity index (χ1) is 15.5. The number of hydrogen-bond acceptors (Lipinski definition) is 4. The molecule has 6 nitrogen and oxygen atoms in total. The first kappa shape index (κ1) is 21.8. The molecule has 0 bridgehead atoms. The van der Waals surface area contributed by atoms with Gasteiger partial charge in [-0.05, 0) is 78.8 Å². The predicted molar refractivity (Wildman–Crippen MR) is 129 cm³/mol. The second-order valence-electron chi connectivity index (χ2n) is 7.16. The van der Waals surface area contributed by atoms with Crippen molar-refractivity contribution in [2.45, 2.75) is 6.42 Å². The Bertz CT molecular complexity index is 1390. The Labute approximate surface area is 194 Å². The standard InChI is InChI=1S/C24H20ClN3O3S/c1-31-19-9-7-18(8-10-19)28-23(30)20-11-4-16(14-21(20)27-24(28)32)22(29)26-13-12-15-2-5-17(25)6-3-15/h2-11,14H,12-13H2,1H3,(H,26,29)(H,27,32). The Kier molecular flexibility index (Phi) is 6.39. The summed E-state index contributed by atoms with van der Waals surface area (Å²) >= 11 is 11.3. The van der Waals surface area contributed by atoms with Crippen molar-refractivity contribution >= 4 is 40.6 Å². The van der Waals surface area contributed by atoms with Crippen LogP contribution >= 0.6 is 23.8 Å². The molecule has 162 valence electrons. The summed E-state index contributed by atoms with van der Waals surface area (Å²) in [6, 6.07) is 19.5. The van der Waals surface area contributed by atoms with Gasteiger partial charge in [0.05, 0.1) is 23.7 Å². The molecule has 32 heavy (non-hydrogen) atoms. The normalized spacial score (nSPS) is 10.8. The lowest BCUT2D eigenvalue weighted by Crippen LogP contribution is -2.26. The summed E-state index contributed by atoms with van der Waals surface area (Å²) in [6.45, 7) is 0.480. The molecule has 0 saturated carbocycles. The van der Waals surface area contributed by atoms with Crippen LogP contribution in [0.2, 0.25) is 5.02 Å². The zero-order chi connectivity index (χ0) is 22.7. The number of amides is 1. The SMILES string of the molecule is COc1ccc(-n2c(=S)[nH]c3cc(C(=O)NCCc4ccc(Cl)cc4)ccc3c2=O)cc1. The zero-order valence-corrected chi connectivity index (χ0v) is 18.8. The van der Waals surface area contributed by atoms with Gasteiger partial charge >= 0.3 is 0 Å². The second kappa shape index (κ2) is 9.38. The monoisotopic (exact) mass is 465 g/mol. The number of rotatable bonds is 6. The van der Waals surface area contributed by atoms with Crippen LogP contribution in [0.15, 0.2) is 71.5 Å². The van der Waals surface area contributed by atoms with Crippen molar-refractivity contribution in [1.29, 1.82) is 0 Å². The Morgan fingerprint density at radius 2 is 1.81 bits per heavy atom. The number of halogens is 1. The molecule has 1 amide bonds. The molecule has 0 fully saturated rings. The highest BCUT2D eigenvalue weighted by molar-refractivity contribution is 7.71. The summed E-state index contributed by atoms with van der Waals surface area (Å²) < 4.78 is 6.83. The van der Waals surface area contributed by atoms with E-state index in [2.05, 4.69) is 10.3 Å². The molecule has 0 atom stereocenters.